The third kappa shape index (κ3) is 40.5. The van der Waals surface area contributed by atoms with Crippen molar-refractivity contribution in [2.45, 2.75) is 27.2 Å². The molecule has 0 aliphatic heterocycles. The number of halogens is 6. The van der Waals surface area contributed by atoms with Gasteiger partial charge in [-0.1, -0.05) is 6.92 Å². The first-order valence-corrected chi connectivity index (χ1v) is 8.26. The average molecular weight is 278 g/mol. The van der Waals surface area contributed by atoms with Gasteiger partial charge in [-0.05, 0) is 31.2 Å². The van der Waals surface area contributed by atoms with Crippen molar-refractivity contribution in [3.63, 3.8) is 0 Å². The van der Waals surface area contributed by atoms with Gasteiger partial charge in [0.15, 0.2) is 0 Å². The van der Waals surface area contributed by atoms with E-state index in [-0.39, 0.29) is 0 Å². The monoisotopic (exact) mass is 278 g/mol. The molecule has 0 spiro atoms. The molecule has 8 heteroatoms. The summed E-state index contributed by atoms with van der Waals surface area (Å²) in [6.45, 7) is 6.86. The zero-order chi connectivity index (χ0) is 12.8. The molecule has 0 heterocycles. The summed E-state index contributed by atoms with van der Waals surface area (Å²) in [5, 5.41) is 0. The molecule has 0 saturated heterocycles. The number of hydrogen-bond acceptors (Lipinski definition) is 0. The molecular formula is C7H17F6PS. The quantitative estimate of drug-likeness (QED) is 0.365. The molecular weight excluding hydrogens is 261 g/mol. The van der Waals surface area contributed by atoms with Crippen LogP contribution in [0.2, 0.25) is 0 Å². The molecule has 0 radical (unpaired) electrons. The standard InChI is InChI=1S/C7H17S.F6P/c1-4-7-8(5-2)6-3;1-7(2,3,4,5)6/h4-7H2,1-3H3;/q+1;-1. The summed E-state index contributed by atoms with van der Waals surface area (Å²) in [4.78, 5) is 0. The Morgan fingerprint density at radius 1 is 0.800 bits per heavy atom. The van der Waals surface area contributed by atoms with Gasteiger partial charge in [0.25, 0.3) is 0 Å². The van der Waals surface area contributed by atoms with Crippen LogP contribution in [0.3, 0.4) is 0 Å². The maximum atomic E-state index is 9.87. The number of rotatable bonds is 4. The summed E-state index contributed by atoms with van der Waals surface area (Å²) in [5.41, 5.74) is 0. The van der Waals surface area contributed by atoms with Gasteiger partial charge in [0.2, 0.25) is 0 Å². The fourth-order valence-corrected chi connectivity index (χ4v) is 2.34. The molecule has 0 aliphatic rings. The molecule has 0 N–H and O–H groups in total. The second kappa shape index (κ2) is 5.13. The Labute approximate surface area is 89.0 Å². The Morgan fingerprint density at radius 2 is 1.07 bits per heavy atom. The van der Waals surface area contributed by atoms with E-state index >= 15 is 0 Å². The van der Waals surface area contributed by atoms with Crippen molar-refractivity contribution < 1.29 is 25.2 Å². The van der Waals surface area contributed by atoms with Gasteiger partial charge in [-0.15, -0.1) is 0 Å². The molecule has 0 amide bonds. The van der Waals surface area contributed by atoms with Gasteiger partial charge in [-0.2, -0.15) is 0 Å². The van der Waals surface area contributed by atoms with Crippen LogP contribution in [0.5, 0.6) is 0 Å². The molecule has 0 fully saturated rings. The van der Waals surface area contributed by atoms with Crippen LogP contribution in [-0.2, 0) is 10.9 Å². The summed E-state index contributed by atoms with van der Waals surface area (Å²) in [6.07, 6.45) is 1.37. The second-order valence-corrected chi connectivity index (χ2v) is 7.56. The first-order chi connectivity index (χ1) is 6.30. The van der Waals surface area contributed by atoms with E-state index in [1.165, 1.54) is 23.7 Å². The molecule has 98 valence electrons. The van der Waals surface area contributed by atoms with Crippen LogP contribution in [0.1, 0.15) is 27.2 Å². The first-order valence-electron chi connectivity index (χ1n) is 4.50. The predicted octanol–water partition coefficient (Wildman–Crippen LogP) is 5.44. The topological polar surface area (TPSA) is 0 Å². The van der Waals surface area contributed by atoms with Gasteiger partial charge in [-0.25, -0.2) is 0 Å². The molecule has 0 atom stereocenters. The molecule has 0 rings (SSSR count). The molecule has 0 unspecified atom stereocenters. The van der Waals surface area contributed by atoms with Crippen LogP contribution in [0.15, 0.2) is 0 Å². The molecule has 0 nitrogen and oxygen atoms in total. The van der Waals surface area contributed by atoms with Gasteiger partial charge in [0.1, 0.15) is 17.3 Å². The summed E-state index contributed by atoms with van der Waals surface area (Å²) in [5.74, 6) is 4.24. The SMILES string of the molecule is CCC[S+](CC)CC.F[P-](F)(F)(F)(F)F. The molecule has 0 aromatic heterocycles. The van der Waals surface area contributed by atoms with E-state index in [1.807, 2.05) is 0 Å². The number of hydrogen-bond donors (Lipinski definition) is 0. The molecule has 0 aliphatic carbocycles. The minimum atomic E-state index is -10.7. The summed E-state index contributed by atoms with van der Waals surface area (Å²) in [6, 6.07) is 0. The van der Waals surface area contributed by atoms with Crippen LogP contribution in [-0.4, -0.2) is 17.3 Å². The Morgan fingerprint density at radius 3 is 1.13 bits per heavy atom. The Bertz CT molecular complexity index is 157. The van der Waals surface area contributed by atoms with E-state index < -0.39 is 7.81 Å². The normalized spacial score (nSPS) is 16.4. The van der Waals surface area contributed by atoms with E-state index in [4.69, 9.17) is 0 Å². The van der Waals surface area contributed by atoms with E-state index in [9.17, 15) is 25.2 Å². The molecule has 0 bridgehead atoms. The van der Waals surface area contributed by atoms with Gasteiger partial charge in [0.05, 0.1) is 0 Å². The van der Waals surface area contributed by atoms with E-state index in [1.54, 1.807) is 0 Å². The summed E-state index contributed by atoms with van der Waals surface area (Å²) >= 11 is 0. The van der Waals surface area contributed by atoms with Gasteiger partial charge < -0.3 is 0 Å². The van der Waals surface area contributed by atoms with E-state index in [0.29, 0.717) is 0 Å². The fraction of sp³-hybridized carbons (Fsp3) is 1.00. The van der Waals surface area contributed by atoms with Crippen LogP contribution in [0.25, 0.3) is 0 Å². The van der Waals surface area contributed by atoms with Crippen molar-refractivity contribution in [1.82, 2.24) is 0 Å². The molecule has 0 aromatic rings. The van der Waals surface area contributed by atoms with Crippen LogP contribution >= 0.6 is 7.81 Å². The molecule has 0 saturated carbocycles. The van der Waals surface area contributed by atoms with E-state index in [0.717, 1.165) is 10.9 Å². The summed E-state index contributed by atoms with van der Waals surface area (Å²) < 4.78 is 59.2. The maximum absolute atomic E-state index is 10.7. The third-order valence-corrected chi connectivity index (χ3v) is 3.93. The zero-order valence-corrected chi connectivity index (χ0v) is 10.7. The van der Waals surface area contributed by atoms with Gasteiger partial charge in [0, 0.05) is 0 Å². The van der Waals surface area contributed by atoms with Crippen molar-refractivity contribution >= 4 is 18.7 Å². The van der Waals surface area contributed by atoms with Crippen molar-refractivity contribution in [3.8, 4) is 0 Å². The van der Waals surface area contributed by atoms with Gasteiger partial charge >= 0.3 is 33.0 Å². The Hall–Kier alpha value is 0.360. The van der Waals surface area contributed by atoms with Crippen LogP contribution < -0.4 is 0 Å². The molecule has 0 aromatic carbocycles. The molecule has 15 heavy (non-hydrogen) atoms. The van der Waals surface area contributed by atoms with Crippen molar-refractivity contribution in [1.29, 1.82) is 0 Å². The zero-order valence-electron chi connectivity index (χ0n) is 8.95. The third-order valence-electron chi connectivity index (χ3n) is 1.31. The predicted molar refractivity (Wildman–Crippen MR) is 57.2 cm³/mol. The Kier molecular flexibility index (Phi) is 6.06. The fourth-order valence-electron chi connectivity index (χ4n) is 0.781. The van der Waals surface area contributed by atoms with Crippen molar-refractivity contribution in [3.05, 3.63) is 0 Å². The summed E-state index contributed by atoms with van der Waals surface area (Å²) in [7, 11) is -9.90. The minimum absolute atomic E-state index is 0.762. The van der Waals surface area contributed by atoms with E-state index in [2.05, 4.69) is 20.8 Å². The first kappa shape index (κ1) is 17.7. The average Bonchev–Trinajstić information content (AvgIpc) is 1.94. The van der Waals surface area contributed by atoms with Crippen LogP contribution in [0, 0.1) is 0 Å². The van der Waals surface area contributed by atoms with Crippen molar-refractivity contribution in [2.75, 3.05) is 17.3 Å². The Balaban J connectivity index is 0. The van der Waals surface area contributed by atoms with Crippen molar-refractivity contribution in [2.24, 2.45) is 0 Å². The second-order valence-electron chi connectivity index (χ2n) is 2.85. The van der Waals surface area contributed by atoms with Crippen LogP contribution in [0.4, 0.5) is 25.2 Å². The van der Waals surface area contributed by atoms with Gasteiger partial charge in [-0.3, -0.25) is 0 Å².